The maximum Gasteiger partial charge on any atom is 0.409 e. The Bertz CT molecular complexity index is 1210. The van der Waals surface area contributed by atoms with Crippen LogP contribution in [-0.4, -0.2) is 40.7 Å². The smallest absolute Gasteiger partial charge is 0.409 e. The molecule has 1 heterocycles. The fourth-order valence-electron chi connectivity index (χ4n) is 4.57. The van der Waals surface area contributed by atoms with Gasteiger partial charge in [-0.25, -0.2) is 4.79 Å². The number of aromatic nitrogens is 1. The third-order valence-corrected chi connectivity index (χ3v) is 6.52. The molecule has 0 saturated heterocycles. The van der Waals surface area contributed by atoms with E-state index in [0.717, 1.165) is 42.1 Å². The summed E-state index contributed by atoms with van der Waals surface area (Å²) in [5, 5.41) is 18.1. The number of carboxylic acid groups (broad SMARTS) is 1. The Hall–Kier alpha value is -3.81. The first kappa shape index (κ1) is 23.4. The Morgan fingerprint density at radius 2 is 1.68 bits per heavy atom. The van der Waals surface area contributed by atoms with Crippen molar-refractivity contribution in [3.05, 3.63) is 65.4 Å². The minimum atomic E-state index is -1.15. The molecule has 2 aromatic carbocycles. The topological polar surface area (TPSA) is 112 Å². The first-order chi connectivity index (χ1) is 16.3. The number of rotatable bonds is 6. The molecule has 0 aliphatic heterocycles. The number of hydrogen-bond acceptors (Lipinski definition) is 3. The summed E-state index contributed by atoms with van der Waals surface area (Å²) in [6, 6.07) is 14.5. The molecule has 0 unspecified atom stereocenters. The number of fused-ring (bicyclic) bond motifs is 1. The molecule has 3 aromatic rings. The number of benzene rings is 2. The molecule has 178 valence electrons. The first-order valence-electron chi connectivity index (χ1n) is 11.6. The molecule has 0 atom stereocenters. The van der Waals surface area contributed by atoms with Crippen LogP contribution in [0.5, 0.6) is 0 Å². The molecular weight excluding hydrogens is 432 g/mol. The van der Waals surface area contributed by atoms with E-state index in [1.165, 1.54) is 0 Å². The van der Waals surface area contributed by atoms with E-state index in [0.29, 0.717) is 29.4 Å². The quantitative estimate of drug-likeness (QED) is 0.434. The van der Waals surface area contributed by atoms with Gasteiger partial charge in [-0.1, -0.05) is 25.1 Å². The van der Waals surface area contributed by atoms with Crippen LogP contribution in [0.1, 0.15) is 59.0 Å². The van der Waals surface area contributed by atoms with Gasteiger partial charge in [0.05, 0.1) is 5.52 Å². The molecule has 0 bridgehead atoms. The minimum absolute atomic E-state index is 0.134. The third-order valence-electron chi connectivity index (χ3n) is 6.52. The predicted molar refractivity (Wildman–Crippen MR) is 131 cm³/mol. The molecule has 1 saturated carbocycles. The van der Waals surface area contributed by atoms with Gasteiger partial charge in [0.2, 0.25) is 0 Å². The Morgan fingerprint density at radius 1 is 0.971 bits per heavy atom. The lowest BCUT2D eigenvalue weighted by atomic mass is 9.87. The van der Waals surface area contributed by atoms with Crippen LogP contribution in [0.3, 0.4) is 0 Å². The van der Waals surface area contributed by atoms with Crippen LogP contribution >= 0.6 is 0 Å². The van der Waals surface area contributed by atoms with Gasteiger partial charge in [0, 0.05) is 36.3 Å². The highest BCUT2D eigenvalue weighted by Crippen LogP contribution is 2.27. The van der Waals surface area contributed by atoms with Crippen molar-refractivity contribution in [1.29, 1.82) is 0 Å². The molecule has 3 amide bonds. The monoisotopic (exact) mass is 462 g/mol. The van der Waals surface area contributed by atoms with Gasteiger partial charge in [0.15, 0.2) is 0 Å². The predicted octanol–water partition coefficient (Wildman–Crippen LogP) is 4.45. The second kappa shape index (κ2) is 9.99. The largest absolute Gasteiger partial charge is 0.465 e. The van der Waals surface area contributed by atoms with E-state index in [2.05, 4.69) is 22.9 Å². The molecule has 1 aromatic heterocycles. The number of nitrogens with zero attached hydrogens (tertiary/aromatic N) is 1. The average molecular weight is 463 g/mol. The van der Waals surface area contributed by atoms with E-state index in [4.69, 9.17) is 5.11 Å². The van der Waals surface area contributed by atoms with Crippen molar-refractivity contribution in [2.75, 3.05) is 12.4 Å². The molecular formula is C26H30N4O4. The summed E-state index contributed by atoms with van der Waals surface area (Å²) in [6.45, 7) is 2.65. The lowest BCUT2D eigenvalue weighted by molar-refractivity contribution is 0.0913. The van der Waals surface area contributed by atoms with E-state index in [1.807, 2.05) is 28.8 Å². The van der Waals surface area contributed by atoms with Crippen molar-refractivity contribution in [3.63, 3.8) is 0 Å². The molecule has 4 rings (SSSR count). The molecule has 0 spiro atoms. The van der Waals surface area contributed by atoms with E-state index in [1.54, 1.807) is 31.3 Å². The number of nitrogens with one attached hydrogen (secondary N) is 3. The van der Waals surface area contributed by atoms with Gasteiger partial charge in [-0.05, 0) is 67.5 Å². The van der Waals surface area contributed by atoms with Gasteiger partial charge in [-0.2, -0.15) is 0 Å². The molecule has 34 heavy (non-hydrogen) atoms. The average Bonchev–Trinajstić information content (AvgIpc) is 3.18. The molecule has 1 fully saturated rings. The zero-order chi connectivity index (χ0) is 24.2. The van der Waals surface area contributed by atoms with Crippen LogP contribution < -0.4 is 16.0 Å². The van der Waals surface area contributed by atoms with Crippen molar-refractivity contribution in [3.8, 4) is 0 Å². The van der Waals surface area contributed by atoms with Crippen LogP contribution in [0.15, 0.2) is 48.5 Å². The molecule has 8 nitrogen and oxygen atoms in total. The van der Waals surface area contributed by atoms with E-state index in [9.17, 15) is 14.4 Å². The fourth-order valence-corrected chi connectivity index (χ4v) is 4.57. The zero-order valence-electron chi connectivity index (χ0n) is 19.4. The van der Waals surface area contributed by atoms with E-state index in [-0.39, 0.29) is 17.9 Å². The highest BCUT2D eigenvalue weighted by Gasteiger charge is 2.23. The van der Waals surface area contributed by atoms with Crippen LogP contribution in [0.4, 0.5) is 10.5 Å². The summed E-state index contributed by atoms with van der Waals surface area (Å²) in [6.07, 6.45) is 3.01. The van der Waals surface area contributed by atoms with Crippen molar-refractivity contribution in [1.82, 2.24) is 15.2 Å². The van der Waals surface area contributed by atoms with Crippen LogP contribution in [0.25, 0.3) is 10.9 Å². The molecule has 4 N–H and O–H groups in total. The number of anilines is 1. The lowest BCUT2D eigenvalue weighted by Gasteiger charge is -2.27. The van der Waals surface area contributed by atoms with Crippen molar-refractivity contribution in [2.45, 2.75) is 45.2 Å². The standard InChI is InChI=1S/C26H30N4O4/c1-16-3-10-20(11-4-16)28-25(32)23-13-19-9-12-21(29-26(33)34)14-22(19)30(23)15-17-5-7-18(8-6-17)24(31)27-2/h5-9,12-14,16,20,29H,3-4,10-11,15H2,1-2H3,(H,27,31)(H,28,32)(H,33,34). The minimum Gasteiger partial charge on any atom is -0.465 e. The number of carbonyl (C=O) groups is 3. The SMILES string of the molecule is CNC(=O)c1ccc(Cn2c(C(=O)NC3CCC(C)CC3)cc3ccc(NC(=O)O)cc32)cc1. The van der Waals surface area contributed by atoms with Crippen molar-refractivity contribution >= 4 is 34.5 Å². The first-order valence-corrected chi connectivity index (χ1v) is 11.6. The van der Waals surface area contributed by atoms with Crippen molar-refractivity contribution in [2.24, 2.45) is 5.92 Å². The maximum atomic E-state index is 13.3. The Morgan fingerprint density at radius 3 is 2.32 bits per heavy atom. The van der Waals surface area contributed by atoms with Gasteiger partial charge < -0.3 is 20.3 Å². The summed E-state index contributed by atoms with van der Waals surface area (Å²) in [7, 11) is 1.59. The van der Waals surface area contributed by atoms with Gasteiger partial charge in [0.1, 0.15) is 5.69 Å². The summed E-state index contributed by atoms with van der Waals surface area (Å²) < 4.78 is 1.90. The summed E-state index contributed by atoms with van der Waals surface area (Å²) in [5.41, 5.74) is 3.19. The van der Waals surface area contributed by atoms with E-state index < -0.39 is 6.09 Å². The number of amides is 3. The second-order valence-corrected chi connectivity index (χ2v) is 9.03. The molecule has 8 heteroatoms. The normalized spacial score (nSPS) is 17.8. The third kappa shape index (κ3) is 5.22. The van der Waals surface area contributed by atoms with Gasteiger partial charge >= 0.3 is 6.09 Å². The number of hydrogen-bond donors (Lipinski definition) is 4. The molecule has 1 aliphatic rings. The highest BCUT2D eigenvalue weighted by atomic mass is 16.4. The van der Waals surface area contributed by atoms with Crippen LogP contribution in [0.2, 0.25) is 0 Å². The Balaban J connectivity index is 1.67. The zero-order valence-corrected chi connectivity index (χ0v) is 19.4. The van der Waals surface area contributed by atoms with Crippen molar-refractivity contribution < 1.29 is 19.5 Å². The summed E-state index contributed by atoms with van der Waals surface area (Å²) in [5.74, 6) is 0.396. The highest BCUT2D eigenvalue weighted by molar-refractivity contribution is 6.00. The maximum absolute atomic E-state index is 13.3. The lowest BCUT2D eigenvalue weighted by Crippen LogP contribution is -2.38. The van der Waals surface area contributed by atoms with Gasteiger partial charge in [-0.15, -0.1) is 0 Å². The Labute approximate surface area is 198 Å². The summed E-state index contributed by atoms with van der Waals surface area (Å²) >= 11 is 0. The van der Waals surface area contributed by atoms with Crippen LogP contribution in [0, 0.1) is 5.92 Å². The van der Waals surface area contributed by atoms with E-state index >= 15 is 0 Å². The number of carbonyl (C=O) groups excluding carboxylic acids is 2. The van der Waals surface area contributed by atoms with Crippen LogP contribution in [-0.2, 0) is 6.54 Å². The fraction of sp³-hybridized carbons (Fsp3) is 0.346. The molecule has 1 aliphatic carbocycles. The molecule has 0 radical (unpaired) electrons. The summed E-state index contributed by atoms with van der Waals surface area (Å²) in [4.78, 5) is 36.3. The Kier molecular flexibility index (Phi) is 6.86. The second-order valence-electron chi connectivity index (χ2n) is 9.03. The van der Waals surface area contributed by atoms with Gasteiger partial charge in [0.25, 0.3) is 11.8 Å². The van der Waals surface area contributed by atoms with Gasteiger partial charge in [-0.3, -0.25) is 14.9 Å².